The molecule has 2 heterocycles. The largest absolute Gasteiger partial charge is 0.478 e. The normalized spacial score (nSPS) is 17.7. The van der Waals surface area contributed by atoms with Crippen molar-refractivity contribution in [2.24, 2.45) is 0 Å². The van der Waals surface area contributed by atoms with Crippen LogP contribution in [0.5, 0.6) is 0 Å². The first-order chi connectivity index (χ1) is 11.2. The lowest BCUT2D eigenvalue weighted by Crippen LogP contribution is -2.30. The van der Waals surface area contributed by atoms with Crippen molar-refractivity contribution in [3.05, 3.63) is 64.5 Å². The second-order valence-corrected chi connectivity index (χ2v) is 6.61. The molecule has 0 spiro atoms. The summed E-state index contributed by atoms with van der Waals surface area (Å²) >= 11 is 0. The third-order valence-electron chi connectivity index (χ3n) is 4.79. The van der Waals surface area contributed by atoms with Gasteiger partial charge in [-0.05, 0) is 54.2 Å². The minimum atomic E-state index is -0.857. The molecule has 1 saturated carbocycles. The molecule has 1 aromatic heterocycles. The van der Waals surface area contributed by atoms with E-state index in [1.165, 1.54) is 29.7 Å². The van der Waals surface area contributed by atoms with Gasteiger partial charge in [0.2, 0.25) is 0 Å². The fourth-order valence-electron chi connectivity index (χ4n) is 3.29. The van der Waals surface area contributed by atoms with Crippen LogP contribution >= 0.6 is 0 Å². The highest BCUT2D eigenvalue weighted by Gasteiger charge is 2.24. The topological polar surface area (TPSA) is 53.4 Å². The van der Waals surface area contributed by atoms with Gasteiger partial charge in [-0.2, -0.15) is 0 Å². The molecule has 2 aromatic rings. The zero-order chi connectivity index (χ0) is 15.8. The third-order valence-corrected chi connectivity index (χ3v) is 4.79. The maximum atomic E-state index is 11.1. The van der Waals surface area contributed by atoms with E-state index in [2.05, 4.69) is 22.0 Å². The summed E-state index contributed by atoms with van der Waals surface area (Å²) in [7, 11) is 0. The summed E-state index contributed by atoms with van der Waals surface area (Å²) in [6, 6.07) is 9.83. The van der Waals surface area contributed by atoms with Gasteiger partial charge >= 0.3 is 5.97 Å². The highest BCUT2D eigenvalue weighted by atomic mass is 16.4. The van der Waals surface area contributed by atoms with Crippen molar-refractivity contribution < 1.29 is 9.90 Å². The van der Waals surface area contributed by atoms with Crippen molar-refractivity contribution >= 4 is 5.97 Å². The zero-order valence-corrected chi connectivity index (χ0v) is 13.0. The number of pyridine rings is 1. The molecular weight excluding hydrogens is 288 g/mol. The Kier molecular flexibility index (Phi) is 3.62. The second-order valence-electron chi connectivity index (χ2n) is 6.61. The van der Waals surface area contributed by atoms with Crippen LogP contribution < -0.4 is 0 Å². The SMILES string of the molecule is O=C(O)c1ccc2c(c1)CN(Cc1ccc(C3CC3)nc1)CC2. The maximum absolute atomic E-state index is 11.1. The van der Waals surface area contributed by atoms with E-state index in [0.717, 1.165) is 31.6 Å². The predicted octanol–water partition coefficient (Wildman–Crippen LogP) is 3.22. The molecule has 4 nitrogen and oxygen atoms in total. The lowest BCUT2D eigenvalue weighted by Gasteiger charge is -2.29. The maximum Gasteiger partial charge on any atom is 0.335 e. The smallest absolute Gasteiger partial charge is 0.335 e. The van der Waals surface area contributed by atoms with E-state index in [1.54, 1.807) is 6.07 Å². The standard InChI is InChI=1S/C19H20N2O2/c22-19(23)16-5-2-14-7-8-21(12-17(14)9-16)11-13-1-6-18(20-10-13)15-3-4-15/h1-2,5-6,9-10,15H,3-4,7-8,11-12H2,(H,22,23). The van der Waals surface area contributed by atoms with Gasteiger partial charge in [0, 0.05) is 37.4 Å². The van der Waals surface area contributed by atoms with E-state index in [9.17, 15) is 4.79 Å². The van der Waals surface area contributed by atoms with Gasteiger partial charge in [0.15, 0.2) is 0 Å². The van der Waals surface area contributed by atoms with Gasteiger partial charge < -0.3 is 5.11 Å². The molecule has 0 atom stereocenters. The lowest BCUT2D eigenvalue weighted by atomic mass is 9.97. The van der Waals surface area contributed by atoms with Crippen LogP contribution in [0.3, 0.4) is 0 Å². The number of rotatable bonds is 4. The first-order valence-electron chi connectivity index (χ1n) is 8.21. The predicted molar refractivity (Wildman–Crippen MR) is 87.4 cm³/mol. The van der Waals surface area contributed by atoms with Gasteiger partial charge in [0.1, 0.15) is 0 Å². The summed E-state index contributed by atoms with van der Waals surface area (Å²) in [4.78, 5) is 18.1. The van der Waals surface area contributed by atoms with Crippen molar-refractivity contribution in [3.8, 4) is 0 Å². The van der Waals surface area contributed by atoms with Crippen LogP contribution in [0.4, 0.5) is 0 Å². The number of aromatic carboxylic acids is 1. The van der Waals surface area contributed by atoms with Crippen molar-refractivity contribution in [1.82, 2.24) is 9.88 Å². The third kappa shape index (κ3) is 3.13. The van der Waals surface area contributed by atoms with Gasteiger partial charge in [-0.25, -0.2) is 4.79 Å². The summed E-state index contributed by atoms with van der Waals surface area (Å²) in [5, 5.41) is 9.14. The first-order valence-corrected chi connectivity index (χ1v) is 8.21. The molecule has 1 aromatic carbocycles. The number of benzene rings is 1. The molecule has 1 N–H and O–H groups in total. The minimum Gasteiger partial charge on any atom is -0.478 e. The molecule has 0 radical (unpaired) electrons. The number of hydrogen-bond donors (Lipinski definition) is 1. The monoisotopic (exact) mass is 308 g/mol. The van der Waals surface area contributed by atoms with Crippen molar-refractivity contribution in [2.75, 3.05) is 6.54 Å². The quantitative estimate of drug-likeness (QED) is 0.942. The molecule has 0 unspecified atom stereocenters. The minimum absolute atomic E-state index is 0.376. The van der Waals surface area contributed by atoms with Gasteiger partial charge in [-0.1, -0.05) is 12.1 Å². The van der Waals surface area contributed by atoms with E-state index in [0.29, 0.717) is 11.5 Å². The number of nitrogens with zero attached hydrogens (tertiary/aromatic N) is 2. The molecule has 0 bridgehead atoms. The van der Waals surface area contributed by atoms with Crippen LogP contribution in [0.2, 0.25) is 0 Å². The van der Waals surface area contributed by atoms with Crippen LogP contribution in [0, 0.1) is 0 Å². The lowest BCUT2D eigenvalue weighted by molar-refractivity contribution is 0.0696. The Balaban J connectivity index is 1.46. The summed E-state index contributed by atoms with van der Waals surface area (Å²) in [5.74, 6) is -0.162. The van der Waals surface area contributed by atoms with Crippen molar-refractivity contribution in [1.29, 1.82) is 0 Å². The Hall–Kier alpha value is -2.20. The molecule has 2 aliphatic rings. The van der Waals surface area contributed by atoms with Crippen LogP contribution in [0.15, 0.2) is 36.5 Å². The highest BCUT2D eigenvalue weighted by Crippen LogP contribution is 2.38. The second kappa shape index (κ2) is 5.78. The van der Waals surface area contributed by atoms with Gasteiger partial charge in [-0.3, -0.25) is 9.88 Å². The van der Waals surface area contributed by atoms with Crippen LogP contribution in [0.1, 0.15) is 51.5 Å². The Bertz CT molecular complexity index is 736. The molecular formula is C19H20N2O2. The fourth-order valence-corrected chi connectivity index (χ4v) is 3.29. The number of aromatic nitrogens is 1. The van der Waals surface area contributed by atoms with Crippen LogP contribution in [-0.4, -0.2) is 27.5 Å². The molecule has 1 aliphatic carbocycles. The molecule has 4 heteroatoms. The van der Waals surface area contributed by atoms with Gasteiger partial charge in [0.05, 0.1) is 5.56 Å². The Morgan fingerprint density at radius 3 is 2.78 bits per heavy atom. The number of hydrogen-bond acceptors (Lipinski definition) is 3. The molecule has 118 valence electrons. The van der Waals surface area contributed by atoms with E-state index < -0.39 is 5.97 Å². The number of carboxylic acids is 1. The van der Waals surface area contributed by atoms with Crippen LogP contribution in [-0.2, 0) is 19.5 Å². The van der Waals surface area contributed by atoms with E-state index in [-0.39, 0.29) is 0 Å². The zero-order valence-electron chi connectivity index (χ0n) is 13.0. The molecule has 4 rings (SSSR count). The van der Waals surface area contributed by atoms with E-state index in [4.69, 9.17) is 5.11 Å². The molecule has 0 saturated heterocycles. The highest BCUT2D eigenvalue weighted by molar-refractivity contribution is 5.87. The van der Waals surface area contributed by atoms with Gasteiger partial charge in [0.25, 0.3) is 0 Å². The van der Waals surface area contributed by atoms with E-state index >= 15 is 0 Å². The average molecular weight is 308 g/mol. The molecule has 23 heavy (non-hydrogen) atoms. The number of carbonyl (C=O) groups is 1. The Morgan fingerprint density at radius 1 is 1.22 bits per heavy atom. The molecule has 1 aliphatic heterocycles. The summed E-state index contributed by atoms with van der Waals surface area (Å²) < 4.78 is 0. The average Bonchev–Trinajstić information content (AvgIpc) is 3.40. The summed E-state index contributed by atoms with van der Waals surface area (Å²) in [6.45, 7) is 2.68. The fraction of sp³-hybridized carbons (Fsp3) is 0.368. The van der Waals surface area contributed by atoms with Crippen molar-refractivity contribution in [2.45, 2.75) is 38.3 Å². The van der Waals surface area contributed by atoms with Crippen LogP contribution in [0.25, 0.3) is 0 Å². The summed E-state index contributed by atoms with van der Waals surface area (Å²) in [5.41, 5.74) is 5.24. The summed E-state index contributed by atoms with van der Waals surface area (Å²) in [6.07, 6.45) is 5.53. The van der Waals surface area contributed by atoms with Crippen molar-refractivity contribution in [3.63, 3.8) is 0 Å². The van der Waals surface area contributed by atoms with E-state index in [1.807, 2.05) is 18.3 Å². The molecule has 0 amide bonds. The Labute approximate surface area is 135 Å². The number of carboxylic acid groups (broad SMARTS) is 1. The van der Waals surface area contributed by atoms with Gasteiger partial charge in [-0.15, -0.1) is 0 Å². The molecule has 1 fully saturated rings. The Morgan fingerprint density at radius 2 is 2.09 bits per heavy atom. The number of fused-ring (bicyclic) bond motifs is 1. The first kappa shape index (κ1) is 14.4.